The van der Waals surface area contributed by atoms with Crippen LogP contribution in [-0.2, 0) is 9.59 Å². The van der Waals surface area contributed by atoms with Gasteiger partial charge in [-0.2, -0.15) is 5.26 Å². The fourth-order valence-electron chi connectivity index (χ4n) is 1.21. The Morgan fingerprint density at radius 3 is 2.53 bits per heavy atom. The molecule has 5 heteroatoms. The summed E-state index contributed by atoms with van der Waals surface area (Å²) in [6.45, 7) is 3.69. The molecule has 0 aliphatic carbocycles. The third kappa shape index (κ3) is 3.61. The number of hydrogen-bond donors (Lipinski definition) is 2. The standard InChI is InChI=1S/C12H13N3O2/c1-8-3-4-10(7-9(8)2)15-12(17)11(16)14-6-5-13/h3-4,7H,6H2,1-2H3,(H,14,16)(H,15,17). The minimum atomic E-state index is -0.815. The van der Waals surface area contributed by atoms with Crippen LogP contribution in [0.4, 0.5) is 5.69 Å². The number of aryl methyl sites for hydroxylation is 2. The van der Waals surface area contributed by atoms with Crippen LogP contribution in [0.3, 0.4) is 0 Å². The van der Waals surface area contributed by atoms with Crippen molar-refractivity contribution in [2.75, 3.05) is 11.9 Å². The molecule has 0 unspecified atom stereocenters. The maximum atomic E-state index is 11.4. The van der Waals surface area contributed by atoms with E-state index in [4.69, 9.17) is 5.26 Å². The Morgan fingerprint density at radius 2 is 1.94 bits per heavy atom. The molecular formula is C12H13N3O2. The van der Waals surface area contributed by atoms with Crippen molar-refractivity contribution < 1.29 is 9.59 Å². The Balaban J connectivity index is 2.65. The highest BCUT2D eigenvalue weighted by Crippen LogP contribution is 2.13. The molecule has 0 saturated heterocycles. The lowest BCUT2D eigenvalue weighted by Gasteiger charge is -2.06. The number of benzene rings is 1. The number of amides is 2. The van der Waals surface area contributed by atoms with E-state index in [1.165, 1.54) is 0 Å². The number of anilines is 1. The summed E-state index contributed by atoms with van der Waals surface area (Å²) in [6, 6.07) is 7.08. The van der Waals surface area contributed by atoms with Crippen LogP contribution in [-0.4, -0.2) is 18.4 Å². The summed E-state index contributed by atoms with van der Waals surface area (Å²) in [5.41, 5.74) is 2.70. The monoisotopic (exact) mass is 231 g/mol. The molecule has 0 saturated carbocycles. The highest BCUT2D eigenvalue weighted by atomic mass is 16.2. The molecule has 0 aromatic heterocycles. The van der Waals surface area contributed by atoms with Gasteiger partial charge < -0.3 is 10.6 Å². The molecule has 1 aromatic rings. The van der Waals surface area contributed by atoms with E-state index in [-0.39, 0.29) is 6.54 Å². The lowest BCUT2D eigenvalue weighted by Crippen LogP contribution is -2.35. The zero-order chi connectivity index (χ0) is 12.8. The quantitative estimate of drug-likeness (QED) is 0.585. The number of rotatable bonds is 2. The van der Waals surface area contributed by atoms with E-state index in [0.717, 1.165) is 11.1 Å². The third-order valence-corrected chi connectivity index (χ3v) is 2.30. The van der Waals surface area contributed by atoms with Gasteiger partial charge in [-0.05, 0) is 37.1 Å². The zero-order valence-corrected chi connectivity index (χ0v) is 9.70. The molecule has 1 rings (SSSR count). The van der Waals surface area contributed by atoms with E-state index in [2.05, 4.69) is 10.6 Å². The van der Waals surface area contributed by atoms with Crippen molar-refractivity contribution in [1.29, 1.82) is 5.26 Å². The normalized spacial score (nSPS) is 9.24. The third-order valence-electron chi connectivity index (χ3n) is 2.30. The van der Waals surface area contributed by atoms with Crippen molar-refractivity contribution in [1.82, 2.24) is 5.32 Å². The highest BCUT2D eigenvalue weighted by molar-refractivity contribution is 6.39. The van der Waals surface area contributed by atoms with Crippen molar-refractivity contribution in [3.05, 3.63) is 29.3 Å². The number of nitrogens with one attached hydrogen (secondary N) is 2. The van der Waals surface area contributed by atoms with E-state index in [9.17, 15) is 9.59 Å². The van der Waals surface area contributed by atoms with Crippen molar-refractivity contribution >= 4 is 17.5 Å². The number of carbonyl (C=O) groups is 2. The number of nitriles is 1. The van der Waals surface area contributed by atoms with E-state index < -0.39 is 11.8 Å². The molecule has 5 nitrogen and oxygen atoms in total. The van der Waals surface area contributed by atoms with Gasteiger partial charge in [0.05, 0.1) is 6.07 Å². The summed E-state index contributed by atoms with van der Waals surface area (Å²) in [5, 5.41) is 12.9. The fraction of sp³-hybridized carbons (Fsp3) is 0.250. The molecule has 0 aliphatic heterocycles. The Bertz CT molecular complexity index is 489. The van der Waals surface area contributed by atoms with Crippen LogP contribution in [0.15, 0.2) is 18.2 Å². The minimum Gasteiger partial charge on any atom is -0.335 e. The van der Waals surface area contributed by atoms with Crippen LogP contribution in [0.25, 0.3) is 0 Å². The van der Waals surface area contributed by atoms with Crippen LogP contribution >= 0.6 is 0 Å². The molecule has 2 amide bonds. The molecule has 0 fully saturated rings. The highest BCUT2D eigenvalue weighted by Gasteiger charge is 2.12. The summed E-state index contributed by atoms with van der Waals surface area (Å²) in [4.78, 5) is 22.6. The second-order valence-electron chi connectivity index (χ2n) is 3.59. The molecular weight excluding hydrogens is 218 g/mol. The number of hydrogen-bond acceptors (Lipinski definition) is 3. The lowest BCUT2D eigenvalue weighted by atomic mass is 10.1. The van der Waals surface area contributed by atoms with Gasteiger partial charge in [0, 0.05) is 5.69 Å². The summed E-state index contributed by atoms with van der Waals surface area (Å²) >= 11 is 0. The van der Waals surface area contributed by atoms with Crippen LogP contribution in [0, 0.1) is 25.2 Å². The van der Waals surface area contributed by atoms with Gasteiger partial charge in [0.2, 0.25) is 0 Å². The first kappa shape index (κ1) is 12.7. The van der Waals surface area contributed by atoms with Crippen LogP contribution in [0.5, 0.6) is 0 Å². The Labute approximate surface area is 99.4 Å². The first-order chi connectivity index (χ1) is 8.04. The molecule has 0 spiro atoms. The minimum absolute atomic E-state index is 0.181. The largest absolute Gasteiger partial charge is 0.335 e. The topological polar surface area (TPSA) is 82.0 Å². The summed E-state index contributed by atoms with van der Waals surface area (Å²) in [5.74, 6) is -1.59. The van der Waals surface area contributed by atoms with Crippen LogP contribution in [0.2, 0.25) is 0 Å². The zero-order valence-electron chi connectivity index (χ0n) is 9.70. The number of nitrogens with zero attached hydrogens (tertiary/aromatic N) is 1. The smallest absolute Gasteiger partial charge is 0.313 e. The van der Waals surface area contributed by atoms with Gasteiger partial charge in [-0.25, -0.2) is 0 Å². The molecule has 2 N–H and O–H groups in total. The van der Waals surface area contributed by atoms with Gasteiger partial charge in [-0.3, -0.25) is 9.59 Å². The maximum Gasteiger partial charge on any atom is 0.313 e. The van der Waals surface area contributed by atoms with E-state index >= 15 is 0 Å². The van der Waals surface area contributed by atoms with Crippen LogP contribution in [0.1, 0.15) is 11.1 Å². The van der Waals surface area contributed by atoms with E-state index in [1.54, 1.807) is 18.2 Å². The maximum absolute atomic E-state index is 11.4. The summed E-state index contributed by atoms with van der Waals surface area (Å²) < 4.78 is 0. The van der Waals surface area contributed by atoms with Gasteiger partial charge in [0.15, 0.2) is 0 Å². The van der Waals surface area contributed by atoms with Gasteiger partial charge >= 0.3 is 11.8 Å². The molecule has 0 heterocycles. The summed E-state index contributed by atoms with van der Waals surface area (Å²) in [7, 11) is 0. The molecule has 17 heavy (non-hydrogen) atoms. The average Bonchev–Trinajstić information content (AvgIpc) is 2.30. The fourth-order valence-corrected chi connectivity index (χ4v) is 1.21. The molecule has 0 atom stereocenters. The first-order valence-electron chi connectivity index (χ1n) is 5.08. The van der Waals surface area contributed by atoms with Crippen molar-refractivity contribution in [3.63, 3.8) is 0 Å². The Morgan fingerprint density at radius 1 is 1.24 bits per heavy atom. The van der Waals surface area contributed by atoms with Crippen molar-refractivity contribution in [3.8, 4) is 6.07 Å². The van der Waals surface area contributed by atoms with Gasteiger partial charge in [0.25, 0.3) is 0 Å². The second kappa shape index (κ2) is 5.66. The number of carbonyl (C=O) groups excluding carboxylic acids is 2. The predicted molar refractivity (Wildman–Crippen MR) is 63.2 cm³/mol. The SMILES string of the molecule is Cc1ccc(NC(=O)C(=O)NCC#N)cc1C. The Hall–Kier alpha value is -2.35. The lowest BCUT2D eigenvalue weighted by molar-refractivity contribution is -0.136. The van der Waals surface area contributed by atoms with Gasteiger partial charge in [0.1, 0.15) is 6.54 Å². The van der Waals surface area contributed by atoms with Gasteiger partial charge in [-0.1, -0.05) is 6.07 Å². The van der Waals surface area contributed by atoms with Gasteiger partial charge in [-0.15, -0.1) is 0 Å². The van der Waals surface area contributed by atoms with E-state index in [0.29, 0.717) is 5.69 Å². The predicted octanol–water partition coefficient (Wildman–Crippen LogP) is 0.882. The Kier molecular flexibility index (Phi) is 4.23. The molecule has 0 bridgehead atoms. The molecule has 1 aromatic carbocycles. The first-order valence-corrected chi connectivity index (χ1v) is 5.08. The summed E-state index contributed by atoms with van der Waals surface area (Å²) in [6.07, 6.45) is 0. The van der Waals surface area contributed by atoms with Crippen molar-refractivity contribution in [2.24, 2.45) is 0 Å². The molecule has 88 valence electrons. The van der Waals surface area contributed by atoms with E-state index in [1.807, 2.05) is 19.9 Å². The second-order valence-corrected chi connectivity index (χ2v) is 3.59. The molecule has 0 radical (unpaired) electrons. The average molecular weight is 231 g/mol. The van der Waals surface area contributed by atoms with Crippen molar-refractivity contribution in [2.45, 2.75) is 13.8 Å². The molecule has 0 aliphatic rings. The van der Waals surface area contributed by atoms with Crippen LogP contribution < -0.4 is 10.6 Å².